The molecule has 0 aromatic carbocycles. The average molecular weight is 308 g/mol. The Morgan fingerprint density at radius 2 is 2.14 bits per heavy atom. The van der Waals surface area contributed by atoms with E-state index in [2.05, 4.69) is 18.8 Å². The molecule has 0 aliphatic heterocycles. The summed E-state index contributed by atoms with van der Waals surface area (Å²) in [5.41, 5.74) is 0.762. The van der Waals surface area contributed by atoms with Crippen LogP contribution >= 0.6 is 11.3 Å². The highest BCUT2D eigenvalue weighted by atomic mass is 32.1. The summed E-state index contributed by atoms with van der Waals surface area (Å²) in [5.74, 6) is 0.0819. The van der Waals surface area contributed by atoms with Crippen molar-refractivity contribution in [2.75, 3.05) is 6.61 Å². The van der Waals surface area contributed by atoms with Gasteiger partial charge in [0.2, 0.25) is 0 Å². The SMILES string of the molecule is Cc1sc2ncn(CC(=O)OCCC(C)C)c(=O)c2c1C. The molecule has 0 radical (unpaired) electrons. The van der Waals surface area contributed by atoms with Crippen LogP contribution in [0.3, 0.4) is 0 Å². The minimum Gasteiger partial charge on any atom is -0.464 e. The first-order valence-corrected chi connectivity index (χ1v) is 7.82. The Kier molecular flexibility index (Phi) is 4.77. The molecule has 2 aromatic heterocycles. The van der Waals surface area contributed by atoms with Gasteiger partial charge in [0.15, 0.2) is 0 Å². The van der Waals surface area contributed by atoms with Crippen LogP contribution in [0.25, 0.3) is 10.2 Å². The molecule has 5 nitrogen and oxygen atoms in total. The van der Waals surface area contributed by atoms with Gasteiger partial charge < -0.3 is 4.74 Å². The van der Waals surface area contributed by atoms with E-state index >= 15 is 0 Å². The van der Waals surface area contributed by atoms with Crippen LogP contribution < -0.4 is 5.56 Å². The Bertz CT molecular complexity index is 716. The fourth-order valence-corrected chi connectivity index (χ4v) is 2.96. The number of carbonyl (C=O) groups excluding carboxylic acids is 1. The topological polar surface area (TPSA) is 61.2 Å². The molecule has 0 spiro atoms. The normalized spacial score (nSPS) is 11.3. The number of thiophene rings is 1. The molecule has 2 rings (SSSR count). The second kappa shape index (κ2) is 6.39. The number of esters is 1. The van der Waals surface area contributed by atoms with Crippen molar-refractivity contribution in [1.29, 1.82) is 0 Å². The largest absolute Gasteiger partial charge is 0.464 e. The van der Waals surface area contributed by atoms with E-state index in [1.165, 1.54) is 22.2 Å². The molecule has 0 atom stereocenters. The Morgan fingerprint density at radius 3 is 2.81 bits per heavy atom. The van der Waals surface area contributed by atoms with Gasteiger partial charge in [0.05, 0.1) is 18.3 Å². The maximum Gasteiger partial charge on any atom is 0.326 e. The zero-order valence-corrected chi connectivity index (χ0v) is 13.6. The molecule has 0 N–H and O–H groups in total. The summed E-state index contributed by atoms with van der Waals surface area (Å²) in [6.07, 6.45) is 2.24. The zero-order chi connectivity index (χ0) is 15.6. The molecule has 21 heavy (non-hydrogen) atoms. The molecule has 0 amide bonds. The lowest BCUT2D eigenvalue weighted by Gasteiger charge is -2.08. The summed E-state index contributed by atoms with van der Waals surface area (Å²) in [5, 5.41) is 0.606. The lowest BCUT2D eigenvalue weighted by Crippen LogP contribution is -2.26. The maximum atomic E-state index is 12.4. The van der Waals surface area contributed by atoms with Gasteiger partial charge >= 0.3 is 5.97 Å². The van der Waals surface area contributed by atoms with E-state index in [0.717, 1.165) is 21.7 Å². The van der Waals surface area contributed by atoms with Gasteiger partial charge in [-0.2, -0.15) is 0 Å². The van der Waals surface area contributed by atoms with Gasteiger partial charge in [0.25, 0.3) is 5.56 Å². The van der Waals surface area contributed by atoms with Crippen molar-refractivity contribution >= 4 is 27.5 Å². The monoisotopic (exact) mass is 308 g/mol. The molecule has 0 fully saturated rings. The van der Waals surface area contributed by atoms with Crippen LogP contribution in [0.2, 0.25) is 0 Å². The highest BCUT2D eigenvalue weighted by Crippen LogP contribution is 2.25. The van der Waals surface area contributed by atoms with Gasteiger partial charge in [-0.25, -0.2) is 4.98 Å². The van der Waals surface area contributed by atoms with Crippen LogP contribution in [0, 0.1) is 19.8 Å². The first-order valence-electron chi connectivity index (χ1n) is 7.01. The number of fused-ring (bicyclic) bond motifs is 1. The predicted octanol–water partition coefficient (Wildman–Crippen LogP) is 2.66. The Labute approximate surface area is 127 Å². The fraction of sp³-hybridized carbons (Fsp3) is 0.533. The molecule has 2 aromatic rings. The smallest absolute Gasteiger partial charge is 0.326 e. The number of carbonyl (C=O) groups is 1. The van der Waals surface area contributed by atoms with Crippen molar-refractivity contribution in [3.63, 3.8) is 0 Å². The number of ether oxygens (including phenoxy) is 1. The molecule has 2 heterocycles. The van der Waals surface area contributed by atoms with Gasteiger partial charge in [0.1, 0.15) is 11.4 Å². The second-order valence-corrected chi connectivity index (χ2v) is 6.75. The Morgan fingerprint density at radius 1 is 1.43 bits per heavy atom. The van der Waals surface area contributed by atoms with Gasteiger partial charge in [-0.05, 0) is 31.7 Å². The molecular formula is C15H20N2O3S. The minimum absolute atomic E-state index is 0.0891. The molecule has 0 aliphatic rings. The Balaban J connectivity index is 2.16. The quantitative estimate of drug-likeness (QED) is 0.797. The highest BCUT2D eigenvalue weighted by molar-refractivity contribution is 7.18. The summed E-state index contributed by atoms with van der Waals surface area (Å²) < 4.78 is 6.45. The minimum atomic E-state index is -0.400. The second-order valence-electron chi connectivity index (χ2n) is 5.54. The van der Waals surface area contributed by atoms with E-state index in [1.807, 2.05) is 13.8 Å². The first kappa shape index (κ1) is 15.7. The highest BCUT2D eigenvalue weighted by Gasteiger charge is 2.14. The zero-order valence-electron chi connectivity index (χ0n) is 12.8. The first-order chi connectivity index (χ1) is 9.90. The van der Waals surface area contributed by atoms with Crippen molar-refractivity contribution in [2.24, 2.45) is 5.92 Å². The standard InChI is InChI=1S/C15H20N2O3S/c1-9(2)5-6-20-12(18)7-17-8-16-14-13(15(17)19)10(3)11(4)21-14/h8-9H,5-7H2,1-4H3. The third-order valence-corrected chi connectivity index (χ3v) is 4.53. The van der Waals surface area contributed by atoms with Crippen LogP contribution in [-0.4, -0.2) is 22.1 Å². The van der Waals surface area contributed by atoms with Crippen molar-refractivity contribution in [3.05, 3.63) is 27.1 Å². The van der Waals surface area contributed by atoms with Gasteiger partial charge in [-0.15, -0.1) is 11.3 Å². The maximum absolute atomic E-state index is 12.4. The van der Waals surface area contributed by atoms with Crippen molar-refractivity contribution in [1.82, 2.24) is 9.55 Å². The van der Waals surface area contributed by atoms with E-state index in [4.69, 9.17) is 4.74 Å². The van der Waals surface area contributed by atoms with Crippen molar-refractivity contribution in [3.8, 4) is 0 Å². The molecule has 0 saturated heterocycles. The van der Waals surface area contributed by atoms with E-state index in [9.17, 15) is 9.59 Å². The third kappa shape index (κ3) is 3.50. The van der Waals surface area contributed by atoms with Crippen LogP contribution in [0.15, 0.2) is 11.1 Å². The number of hydrogen-bond acceptors (Lipinski definition) is 5. The lowest BCUT2D eigenvalue weighted by molar-refractivity contribution is -0.144. The summed E-state index contributed by atoms with van der Waals surface area (Å²) in [7, 11) is 0. The van der Waals surface area contributed by atoms with Crippen LogP contribution in [0.4, 0.5) is 0 Å². The molecule has 0 unspecified atom stereocenters. The molecule has 0 aliphatic carbocycles. The number of hydrogen-bond donors (Lipinski definition) is 0. The number of aryl methyl sites for hydroxylation is 2. The van der Waals surface area contributed by atoms with Gasteiger partial charge in [0, 0.05) is 4.88 Å². The van der Waals surface area contributed by atoms with Crippen LogP contribution in [0.1, 0.15) is 30.7 Å². The predicted molar refractivity (Wildman–Crippen MR) is 83.8 cm³/mol. The van der Waals surface area contributed by atoms with E-state index in [-0.39, 0.29) is 12.1 Å². The van der Waals surface area contributed by atoms with Gasteiger partial charge in [-0.1, -0.05) is 13.8 Å². The summed E-state index contributed by atoms with van der Waals surface area (Å²) in [6, 6.07) is 0. The Hall–Kier alpha value is -1.69. The average Bonchev–Trinajstić information content (AvgIpc) is 2.69. The summed E-state index contributed by atoms with van der Waals surface area (Å²) in [4.78, 5) is 30.2. The molecule has 114 valence electrons. The number of rotatable bonds is 5. The van der Waals surface area contributed by atoms with Crippen LogP contribution in [-0.2, 0) is 16.1 Å². The molecule has 6 heteroatoms. The van der Waals surface area contributed by atoms with Crippen LogP contribution in [0.5, 0.6) is 0 Å². The van der Waals surface area contributed by atoms with E-state index in [1.54, 1.807) is 0 Å². The number of nitrogens with zero attached hydrogens (tertiary/aromatic N) is 2. The number of aromatic nitrogens is 2. The third-order valence-electron chi connectivity index (χ3n) is 3.41. The molecular weight excluding hydrogens is 288 g/mol. The van der Waals surface area contributed by atoms with Crippen molar-refractivity contribution < 1.29 is 9.53 Å². The van der Waals surface area contributed by atoms with E-state index in [0.29, 0.717) is 17.9 Å². The lowest BCUT2D eigenvalue weighted by atomic mass is 10.1. The molecule has 0 bridgehead atoms. The van der Waals surface area contributed by atoms with E-state index < -0.39 is 5.97 Å². The van der Waals surface area contributed by atoms with Gasteiger partial charge in [-0.3, -0.25) is 14.2 Å². The van der Waals surface area contributed by atoms with Crippen molar-refractivity contribution in [2.45, 2.75) is 40.7 Å². The summed E-state index contributed by atoms with van der Waals surface area (Å²) in [6.45, 7) is 8.30. The fourth-order valence-electron chi connectivity index (χ4n) is 1.98. The summed E-state index contributed by atoms with van der Waals surface area (Å²) >= 11 is 1.50. The molecule has 0 saturated carbocycles.